The Kier molecular flexibility index (Phi) is 5.71. The molecule has 2 heterocycles. The summed E-state index contributed by atoms with van der Waals surface area (Å²) in [5.74, 6) is 1.30. The predicted molar refractivity (Wildman–Crippen MR) is 109 cm³/mol. The van der Waals surface area contributed by atoms with Gasteiger partial charge in [-0.2, -0.15) is 0 Å². The lowest BCUT2D eigenvalue weighted by molar-refractivity contribution is 0.485. The molecule has 8 heteroatoms. The molecule has 0 spiro atoms. The summed E-state index contributed by atoms with van der Waals surface area (Å²) in [6.07, 6.45) is 1.60. The molecule has 0 N–H and O–H groups in total. The van der Waals surface area contributed by atoms with Crippen molar-refractivity contribution in [2.75, 3.05) is 0 Å². The molecule has 28 heavy (non-hydrogen) atoms. The van der Waals surface area contributed by atoms with Gasteiger partial charge >= 0.3 is 0 Å². The summed E-state index contributed by atoms with van der Waals surface area (Å²) in [7, 11) is 0. The highest BCUT2D eigenvalue weighted by molar-refractivity contribution is 7.98. The van der Waals surface area contributed by atoms with Gasteiger partial charge < -0.3 is 4.42 Å². The van der Waals surface area contributed by atoms with E-state index in [0.717, 1.165) is 11.3 Å². The van der Waals surface area contributed by atoms with Gasteiger partial charge in [0.15, 0.2) is 11.0 Å². The van der Waals surface area contributed by atoms with Crippen molar-refractivity contribution in [1.29, 1.82) is 0 Å². The molecular weight excluding hydrogens is 420 g/mol. The normalized spacial score (nSPS) is 11.1. The van der Waals surface area contributed by atoms with Crippen LogP contribution in [-0.2, 0) is 12.3 Å². The van der Waals surface area contributed by atoms with Crippen molar-refractivity contribution in [1.82, 2.24) is 14.8 Å². The number of hydrogen-bond donors (Lipinski definition) is 0. The van der Waals surface area contributed by atoms with Gasteiger partial charge in [0.25, 0.3) is 0 Å². The van der Waals surface area contributed by atoms with Crippen molar-refractivity contribution in [2.24, 2.45) is 0 Å². The number of rotatable bonds is 6. The van der Waals surface area contributed by atoms with E-state index in [4.69, 9.17) is 27.6 Å². The molecule has 0 atom stereocenters. The summed E-state index contributed by atoms with van der Waals surface area (Å²) >= 11 is 14.0. The average Bonchev–Trinajstić information content (AvgIpc) is 3.33. The zero-order chi connectivity index (χ0) is 19.5. The lowest BCUT2D eigenvalue weighted by Crippen LogP contribution is -2.04. The maximum Gasteiger partial charge on any atom is 0.192 e. The molecule has 0 bridgehead atoms. The molecule has 0 amide bonds. The molecule has 0 fully saturated rings. The molecule has 0 aliphatic rings. The zero-order valence-electron chi connectivity index (χ0n) is 14.5. The molecule has 0 unspecified atom stereocenters. The van der Waals surface area contributed by atoms with E-state index in [2.05, 4.69) is 10.2 Å². The smallest absolute Gasteiger partial charge is 0.192 e. The van der Waals surface area contributed by atoms with Crippen LogP contribution in [-0.4, -0.2) is 14.8 Å². The molecule has 4 rings (SSSR count). The van der Waals surface area contributed by atoms with Crippen molar-refractivity contribution < 1.29 is 8.81 Å². The van der Waals surface area contributed by atoms with Crippen LogP contribution in [0.3, 0.4) is 0 Å². The van der Waals surface area contributed by atoms with Gasteiger partial charge in [-0.1, -0.05) is 53.2 Å². The van der Waals surface area contributed by atoms with Crippen LogP contribution in [0.1, 0.15) is 11.3 Å². The van der Waals surface area contributed by atoms with Crippen molar-refractivity contribution in [3.8, 4) is 11.4 Å². The molecule has 0 saturated carbocycles. The van der Waals surface area contributed by atoms with Crippen LogP contribution in [0.15, 0.2) is 70.4 Å². The first-order chi connectivity index (χ1) is 13.6. The second-order valence-electron chi connectivity index (χ2n) is 5.94. The number of nitrogens with zero attached hydrogens (tertiary/aromatic N) is 3. The quantitative estimate of drug-likeness (QED) is 0.333. The Labute approximate surface area is 175 Å². The molecular formula is C20H14Cl2FN3OS. The molecule has 0 aliphatic carbocycles. The fourth-order valence-corrected chi connectivity index (χ4v) is 4.42. The van der Waals surface area contributed by atoms with Crippen molar-refractivity contribution in [2.45, 2.75) is 17.5 Å². The molecule has 2 aromatic carbocycles. The van der Waals surface area contributed by atoms with Crippen molar-refractivity contribution in [3.63, 3.8) is 0 Å². The van der Waals surface area contributed by atoms with Crippen LogP contribution in [0, 0.1) is 5.82 Å². The monoisotopic (exact) mass is 433 g/mol. The Morgan fingerprint density at radius 3 is 2.46 bits per heavy atom. The van der Waals surface area contributed by atoms with E-state index in [0.29, 0.717) is 38.9 Å². The van der Waals surface area contributed by atoms with Crippen LogP contribution in [0.5, 0.6) is 0 Å². The topological polar surface area (TPSA) is 43.9 Å². The van der Waals surface area contributed by atoms with E-state index in [-0.39, 0.29) is 5.82 Å². The second-order valence-corrected chi connectivity index (χ2v) is 7.70. The highest BCUT2D eigenvalue weighted by Gasteiger charge is 2.19. The van der Waals surface area contributed by atoms with Gasteiger partial charge in [0.05, 0.1) is 18.4 Å². The van der Waals surface area contributed by atoms with Gasteiger partial charge in [-0.15, -0.1) is 10.2 Å². The fraction of sp³-hybridized carbons (Fsp3) is 0.100. The van der Waals surface area contributed by atoms with E-state index < -0.39 is 0 Å². The van der Waals surface area contributed by atoms with E-state index in [1.54, 1.807) is 48.7 Å². The SMILES string of the molecule is Fc1ccccc1-c1nnc(SCc2c(Cl)cccc2Cl)n1Cc1ccco1. The molecule has 0 saturated heterocycles. The Bertz CT molecular complexity index is 1080. The zero-order valence-corrected chi connectivity index (χ0v) is 16.8. The van der Waals surface area contributed by atoms with Crippen LogP contribution in [0.2, 0.25) is 10.0 Å². The van der Waals surface area contributed by atoms with E-state index in [1.165, 1.54) is 17.8 Å². The lowest BCUT2D eigenvalue weighted by Gasteiger charge is -2.10. The Morgan fingerprint density at radius 2 is 1.75 bits per heavy atom. The minimum absolute atomic E-state index is 0.360. The number of benzene rings is 2. The summed E-state index contributed by atoms with van der Waals surface area (Å²) < 4.78 is 21.6. The Morgan fingerprint density at radius 1 is 0.964 bits per heavy atom. The highest BCUT2D eigenvalue weighted by Crippen LogP contribution is 2.33. The summed E-state index contributed by atoms with van der Waals surface area (Å²) in [4.78, 5) is 0. The summed E-state index contributed by atoms with van der Waals surface area (Å²) in [5, 5.41) is 10.3. The number of furan rings is 1. The largest absolute Gasteiger partial charge is 0.467 e. The van der Waals surface area contributed by atoms with Crippen molar-refractivity contribution >= 4 is 35.0 Å². The minimum Gasteiger partial charge on any atom is -0.467 e. The average molecular weight is 434 g/mol. The Balaban J connectivity index is 1.70. The molecule has 0 aliphatic heterocycles. The van der Waals surface area contributed by atoms with Crippen LogP contribution in [0.4, 0.5) is 4.39 Å². The fourth-order valence-electron chi connectivity index (χ4n) is 2.75. The summed E-state index contributed by atoms with van der Waals surface area (Å²) in [6.45, 7) is 0.377. The summed E-state index contributed by atoms with van der Waals surface area (Å²) in [5.41, 5.74) is 1.19. The third-order valence-corrected chi connectivity index (χ3v) is 5.83. The molecule has 142 valence electrons. The van der Waals surface area contributed by atoms with Gasteiger partial charge in [0.1, 0.15) is 11.6 Å². The van der Waals surface area contributed by atoms with Crippen LogP contribution in [0.25, 0.3) is 11.4 Å². The number of thioether (sulfide) groups is 1. The predicted octanol–water partition coefficient (Wildman–Crippen LogP) is 6.32. The number of hydrogen-bond acceptors (Lipinski definition) is 4. The molecule has 2 aromatic heterocycles. The maximum absolute atomic E-state index is 14.4. The molecule has 4 aromatic rings. The van der Waals surface area contributed by atoms with E-state index in [9.17, 15) is 4.39 Å². The van der Waals surface area contributed by atoms with Gasteiger partial charge in [-0.3, -0.25) is 4.57 Å². The van der Waals surface area contributed by atoms with Gasteiger partial charge in [0, 0.05) is 15.8 Å². The lowest BCUT2D eigenvalue weighted by atomic mass is 10.2. The highest BCUT2D eigenvalue weighted by atomic mass is 35.5. The Hall–Kier alpha value is -2.28. The number of aromatic nitrogens is 3. The van der Waals surface area contributed by atoms with Gasteiger partial charge in [-0.25, -0.2) is 4.39 Å². The molecule has 0 radical (unpaired) electrons. The first-order valence-electron chi connectivity index (χ1n) is 8.39. The third kappa shape index (κ3) is 3.94. The first kappa shape index (κ1) is 19.1. The second kappa shape index (κ2) is 8.39. The maximum atomic E-state index is 14.4. The standard InChI is InChI=1S/C20H14Cl2FN3OS/c21-16-7-3-8-17(22)15(16)12-28-20-25-24-19(14-6-1-2-9-18(14)23)26(20)11-13-5-4-10-27-13/h1-10H,11-12H2. The van der Waals surface area contributed by atoms with Crippen LogP contribution >= 0.6 is 35.0 Å². The summed E-state index contributed by atoms with van der Waals surface area (Å²) in [6, 6.07) is 15.5. The van der Waals surface area contributed by atoms with Gasteiger partial charge in [-0.05, 0) is 42.0 Å². The van der Waals surface area contributed by atoms with Crippen LogP contribution < -0.4 is 0 Å². The first-order valence-corrected chi connectivity index (χ1v) is 10.1. The van der Waals surface area contributed by atoms with E-state index >= 15 is 0 Å². The molecule has 4 nitrogen and oxygen atoms in total. The minimum atomic E-state index is -0.360. The van der Waals surface area contributed by atoms with E-state index in [1.807, 2.05) is 10.6 Å². The van der Waals surface area contributed by atoms with Gasteiger partial charge in [0.2, 0.25) is 0 Å². The number of halogens is 3. The van der Waals surface area contributed by atoms with Crippen molar-refractivity contribution in [3.05, 3.63) is 88.0 Å². The third-order valence-electron chi connectivity index (χ3n) is 4.13.